The van der Waals surface area contributed by atoms with Crippen LogP contribution in [0.25, 0.3) is 0 Å². The van der Waals surface area contributed by atoms with Crippen LogP contribution in [-0.4, -0.2) is 38.6 Å². The molecule has 30 heavy (non-hydrogen) atoms. The summed E-state index contributed by atoms with van der Waals surface area (Å²) in [6.45, 7) is 8.83. The molecule has 2 aromatic carbocycles. The van der Waals surface area contributed by atoms with Crippen LogP contribution in [0.1, 0.15) is 27.6 Å². The number of amides is 1. The van der Waals surface area contributed by atoms with Crippen LogP contribution >= 0.6 is 11.3 Å². The van der Waals surface area contributed by atoms with E-state index in [0.717, 1.165) is 31.7 Å². The smallest absolute Gasteiger partial charge is 0.275 e. The molecule has 0 spiro atoms. The molecule has 4 nitrogen and oxygen atoms in total. The van der Waals surface area contributed by atoms with Crippen LogP contribution in [0.2, 0.25) is 0 Å². The van der Waals surface area contributed by atoms with E-state index in [0.29, 0.717) is 6.54 Å². The van der Waals surface area contributed by atoms with Crippen molar-refractivity contribution in [2.75, 3.05) is 37.6 Å². The number of thiophene rings is 1. The zero-order valence-electron chi connectivity index (χ0n) is 17.7. The second kappa shape index (κ2) is 9.45. The predicted molar refractivity (Wildman–Crippen MR) is 124 cm³/mol. The highest BCUT2D eigenvalue weighted by molar-refractivity contribution is 7.10. The average Bonchev–Trinajstić information content (AvgIpc) is 3.30. The van der Waals surface area contributed by atoms with Crippen LogP contribution < -0.4 is 15.1 Å². The van der Waals surface area contributed by atoms with Crippen LogP contribution in [0, 0.1) is 13.8 Å². The zero-order valence-corrected chi connectivity index (χ0v) is 18.5. The first-order chi connectivity index (χ1) is 14.6. The van der Waals surface area contributed by atoms with E-state index in [9.17, 15) is 4.79 Å². The van der Waals surface area contributed by atoms with Gasteiger partial charge in [-0.15, -0.1) is 11.3 Å². The quantitative estimate of drug-likeness (QED) is 0.643. The van der Waals surface area contributed by atoms with Crippen molar-refractivity contribution in [3.05, 3.63) is 87.6 Å². The fourth-order valence-electron chi connectivity index (χ4n) is 4.18. The van der Waals surface area contributed by atoms with Gasteiger partial charge in [0.05, 0.1) is 32.2 Å². The van der Waals surface area contributed by atoms with Gasteiger partial charge in [-0.2, -0.15) is 0 Å². The van der Waals surface area contributed by atoms with Gasteiger partial charge in [0.2, 0.25) is 0 Å². The lowest BCUT2D eigenvalue weighted by Crippen LogP contribution is -3.16. The molecule has 1 atom stereocenters. The Balaban J connectivity index is 1.36. The molecule has 0 saturated carbocycles. The summed E-state index contributed by atoms with van der Waals surface area (Å²) in [5.74, 6) is 0.118. The minimum absolute atomic E-state index is 0.0747. The van der Waals surface area contributed by atoms with Gasteiger partial charge in [-0.3, -0.25) is 4.79 Å². The van der Waals surface area contributed by atoms with Crippen molar-refractivity contribution in [1.29, 1.82) is 0 Å². The molecule has 1 saturated heterocycles. The summed E-state index contributed by atoms with van der Waals surface area (Å²) >= 11 is 1.69. The number of carbonyl (C=O) groups is 1. The lowest BCUT2D eigenvalue weighted by atomic mass is 10.1. The van der Waals surface area contributed by atoms with E-state index < -0.39 is 0 Å². The second-order valence-electron chi connectivity index (χ2n) is 8.06. The van der Waals surface area contributed by atoms with E-state index in [-0.39, 0.29) is 11.9 Å². The van der Waals surface area contributed by atoms with E-state index in [4.69, 9.17) is 0 Å². The number of carbonyl (C=O) groups excluding carboxylic acids is 1. The number of hydrogen-bond donors (Lipinski definition) is 2. The molecule has 4 rings (SSSR count). The van der Waals surface area contributed by atoms with Gasteiger partial charge in [-0.05, 0) is 48.1 Å². The molecule has 2 heterocycles. The molecular formula is C25H30N3OS+. The number of quaternary nitrogens is 1. The summed E-state index contributed by atoms with van der Waals surface area (Å²) < 4.78 is 0. The van der Waals surface area contributed by atoms with Gasteiger partial charge >= 0.3 is 0 Å². The van der Waals surface area contributed by atoms with Crippen LogP contribution in [0.4, 0.5) is 5.69 Å². The summed E-state index contributed by atoms with van der Waals surface area (Å²) in [6, 6.07) is 20.8. The maximum Gasteiger partial charge on any atom is 0.275 e. The van der Waals surface area contributed by atoms with Crippen molar-refractivity contribution in [2.24, 2.45) is 0 Å². The Morgan fingerprint density at radius 2 is 1.80 bits per heavy atom. The molecule has 1 aliphatic rings. The first kappa shape index (κ1) is 20.6. The fourth-order valence-corrected chi connectivity index (χ4v) is 4.98. The largest absolute Gasteiger partial charge is 0.360 e. The molecular weight excluding hydrogens is 390 g/mol. The van der Waals surface area contributed by atoms with E-state index in [1.165, 1.54) is 26.6 Å². The van der Waals surface area contributed by atoms with E-state index >= 15 is 0 Å². The van der Waals surface area contributed by atoms with Crippen molar-refractivity contribution < 1.29 is 9.69 Å². The summed E-state index contributed by atoms with van der Waals surface area (Å²) in [4.78, 5) is 17.9. The average molecular weight is 421 g/mol. The van der Waals surface area contributed by atoms with Gasteiger partial charge in [-0.1, -0.05) is 48.5 Å². The van der Waals surface area contributed by atoms with E-state index in [1.807, 2.05) is 24.3 Å². The van der Waals surface area contributed by atoms with E-state index in [1.54, 1.807) is 11.3 Å². The molecule has 2 N–H and O–H groups in total. The number of nitrogens with one attached hydrogen (secondary N) is 2. The van der Waals surface area contributed by atoms with Gasteiger partial charge in [0.1, 0.15) is 0 Å². The van der Waals surface area contributed by atoms with Gasteiger partial charge in [0.15, 0.2) is 6.54 Å². The Morgan fingerprint density at radius 3 is 2.50 bits per heavy atom. The Hall–Kier alpha value is -2.63. The number of hydrogen-bond acceptors (Lipinski definition) is 3. The van der Waals surface area contributed by atoms with Gasteiger partial charge in [-0.25, -0.2) is 0 Å². The highest BCUT2D eigenvalue weighted by atomic mass is 32.1. The molecule has 0 radical (unpaired) electrons. The topological polar surface area (TPSA) is 36.8 Å². The van der Waals surface area contributed by atoms with Crippen LogP contribution in [0.15, 0.2) is 66.0 Å². The Kier molecular flexibility index (Phi) is 6.50. The first-order valence-electron chi connectivity index (χ1n) is 10.6. The molecule has 5 heteroatoms. The minimum Gasteiger partial charge on any atom is -0.360 e. The number of nitrogens with zero attached hydrogens (tertiary/aromatic N) is 1. The number of benzene rings is 2. The highest BCUT2D eigenvalue weighted by Gasteiger charge is 2.25. The third-order valence-electron chi connectivity index (χ3n) is 6.06. The molecule has 1 aliphatic heterocycles. The molecule has 1 amide bonds. The van der Waals surface area contributed by atoms with Crippen molar-refractivity contribution in [2.45, 2.75) is 19.9 Å². The van der Waals surface area contributed by atoms with Gasteiger partial charge in [0.25, 0.3) is 5.91 Å². The molecule has 3 aromatic rings. The normalized spacial score (nSPS) is 15.7. The van der Waals surface area contributed by atoms with Crippen LogP contribution in [0.3, 0.4) is 0 Å². The maximum atomic E-state index is 12.9. The van der Waals surface area contributed by atoms with Crippen molar-refractivity contribution in [3.63, 3.8) is 0 Å². The monoisotopic (exact) mass is 420 g/mol. The number of aryl methyl sites for hydroxylation is 1. The predicted octanol–water partition coefficient (Wildman–Crippen LogP) is 2.98. The molecule has 0 unspecified atom stereocenters. The third-order valence-corrected chi connectivity index (χ3v) is 7.00. The van der Waals surface area contributed by atoms with Gasteiger partial charge < -0.3 is 15.1 Å². The lowest BCUT2D eigenvalue weighted by Gasteiger charge is -2.34. The Bertz CT molecular complexity index is 963. The summed E-state index contributed by atoms with van der Waals surface area (Å²) in [7, 11) is 0. The van der Waals surface area contributed by atoms with Crippen LogP contribution in [-0.2, 0) is 4.79 Å². The SMILES string of the molecule is Cc1cccc(N2CC[NH+](CC(=O)N[C@@H](c3ccccc3)c3cccs3)CC2)c1C. The van der Waals surface area contributed by atoms with Crippen molar-refractivity contribution in [3.8, 4) is 0 Å². The molecule has 0 aliphatic carbocycles. The summed E-state index contributed by atoms with van der Waals surface area (Å²) in [5.41, 5.74) is 5.16. The van der Waals surface area contributed by atoms with Crippen molar-refractivity contribution in [1.82, 2.24) is 5.32 Å². The molecule has 1 fully saturated rings. The minimum atomic E-state index is -0.0747. The number of piperazine rings is 1. The maximum absolute atomic E-state index is 12.9. The number of rotatable bonds is 6. The molecule has 1 aromatic heterocycles. The summed E-state index contributed by atoms with van der Waals surface area (Å²) in [5, 5.41) is 5.34. The Labute approximate surface area is 183 Å². The summed E-state index contributed by atoms with van der Waals surface area (Å²) in [6.07, 6.45) is 0. The zero-order chi connectivity index (χ0) is 20.9. The first-order valence-corrected chi connectivity index (χ1v) is 11.5. The van der Waals surface area contributed by atoms with Crippen LogP contribution in [0.5, 0.6) is 0 Å². The molecule has 156 valence electrons. The molecule has 0 bridgehead atoms. The number of anilines is 1. The second-order valence-corrected chi connectivity index (χ2v) is 9.04. The Morgan fingerprint density at radius 1 is 1.03 bits per heavy atom. The van der Waals surface area contributed by atoms with E-state index in [2.05, 4.69) is 65.8 Å². The van der Waals surface area contributed by atoms with Crippen molar-refractivity contribution >= 4 is 22.9 Å². The lowest BCUT2D eigenvalue weighted by molar-refractivity contribution is -0.892. The standard InChI is InChI=1S/C25H29N3OS/c1-19-8-6-11-22(20(19)2)28-15-13-27(14-16-28)18-24(29)26-25(23-12-7-17-30-23)21-9-4-3-5-10-21/h3-12,17,25H,13-16,18H2,1-2H3,(H,26,29)/p+1/t25-/m0/s1. The third kappa shape index (κ3) is 4.74. The highest BCUT2D eigenvalue weighted by Crippen LogP contribution is 2.26. The fraction of sp³-hybridized carbons (Fsp3) is 0.320. The van der Waals surface area contributed by atoms with Gasteiger partial charge in [0, 0.05) is 10.6 Å².